The largest absolute Gasteiger partial charge is 0.461 e. The Morgan fingerprint density at radius 3 is 1.34 bits per heavy atom. The van der Waals surface area contributed by atoms with Crippen LogP contribution in [0.4, 0.5) is 86.1 Å². The van der Waals surface area contributed by atoms with Crippen molar-refractivity contribution in [3.8, 4) is 6.01 Å². The van der Waals surface area contributed by atoms with Crippen LogP contribution in [-0.2, 0) is 70.4 Å². The number of carbonyl (C=O) groups is 4. The van der Waals surface area contributed by atoms with E-state index in [0.717, 1.165) is 23.5 Å². The van der Waals surface area contributed by atoms with Crippen LogP contribution in [0.25, 0.3) is 14.5 Å². The molecule has 6 atom stereocenters. The molecule has 0 bridgehead atoms. The molecule has 112 heavy (non-hydrogen) atoms. The summed E-state index contributed by atoms with van der Waals surface area (Å²) in [6, 6.07) is 16.1. The van der Waals surface area contributed by atoms with Crippen molar-refractivity contribution in [3.63, 3.8) is 0 Å². The van der Waals surface area contributed by atoms with Crippen molar-refractivity contribution in [2.75, 3.05) is 111 Å². The van der Waals surface area contributed by atoms with Gasteiger partial charge in [-0.1, -0.05) is 60.7 Å². The summed E-state index contributed by atoms with van der Waals surface area (Å²) in [6.07, 6.45) is -11.0. The third-order valence-electron chi connectivity index (χ3n) is 18.8. The summed E-state index contributed by atoms with van der Waals surface area (Å²) >= 11 is 6.25. The molecule has 6 aliphatic rings. The first-order valence-corrected chi connectivity index (χ1v) is 36.2. The topological polar surface area (TPSA) is 231 Å². The number of likely N-dealkylation sites (tertiary alicyclic amines) is 2. The van der Waals surface area contributed by atoms with E-state index in [4.69, 9.17) is 60.0 Å². The molecule has 0 N–H and O–H groups in total. The lowest BCUT2D eigenvalue weighted by atomic mass is 10.0. The number of piperazine rings is 2. The van der Waals surface area contributed by atoms with Crippen molar-refractivity contribution in [1.29, 1.82) is 0 Å². The number of rotatable bonds is 14. The second kappa shape index (κ2) is 36.0. The van der Waals surface area contributed by atoms with E-state index < -0.39 is 107 Å². The summed E-state index contributed by atoms with van der Waals surface area (Å²) in [7, 11) is 0. The maximum atomic E-state index is 14.6. The van der Waals surface area contributed by atoms with Crippen LogP contribution in [0.2, 0.25) is 5.28 Å². The summed E-state index contributed by atoms with van der Waals surface area (Å²) in [4.78, 5) is 98.4. The van der Waals surface area contributed by atoms with Gasteiger partial charge in [-0.2, -0.15) is 36.3 Å². The number of nitrogens with zero attached hydrogens (tertiary/aromatic N) is 17. The Kier molecular flexibility index (Phi) is 26.9. The fourth-order valence-electron chi connectivity index (χ4n) is 13.8. The van der Waals surface area contributed by atoms with E-state index in [1.165, 1.54) is 29.4 Å². The zero-order valence-corrected chi connectivity index (χ0v) is 62.8. The molecule has 0 aliphatic carbocycles. The van der Waals surface area contributed by atoms with Crippen LogP contribution >= 0.6 is 11.6 Å². The summed E-state index contributed by atoms with van der Waals surface area (Å²) in [5, 5.41) is -0.0968. The fraction of sp³-hybridized carbons (Fsp3) is 0.507. The molecule has 0 radical (unpaired) electrons. The van der Waals surface area contributed by atoms with E-state index in [9.17, 15) is 63.1 Å². The molecule has 4 amide bonds. The number of anilines is 4. The number of alkyl halides is 8. The van der Waals surface area contributed by atoms with E-state index in [-0.39, 0.29) is 160 Å². The molecule has 37 heteroatoms. The highest BCUT2D eigenvalue weighted by molar-refractivity contribution is 6.28. The van der Waals surface area contributed by atoms with Gasteiger partial charge in [0.15, 0.2) is 11.6 Å². The van der Waals surface area contributed by atoms with Crippen molar-refractivity contribution >= 4 is 59.0 Å². The number of aromatic nitrogens is 6. The summed E-state index contributed by atoms with van der Waals surface area (Å²) in [5.74, 6) is -2.07. The third kappa shape index (κ3) is 21.4. The molecule has 598 valence electrons. The van der Waals surface area contributed by atoms with Gasteiger partial charge in [-0.3, -0.25) is 29.6 Å². The number of hydrogen-bond donors (Lipinski definition) is 0. The molecule has 4 fully saturated rings. The molecule has 2 aromatic carbocycles. The first kappa shape index (κ1) is 83.5. The number of pyridine rings is 2. The highest BCUT2D eigenvalue weighted by atomic mass is 35.5. The summed E-state index contributed by atoms with van der Waals surface area (Å²) < 4.78 is 167. The average molecular weight is 1590 g/mol. The van der Waals surface area contributed by atoms with Crippen molar-refractivity contribution in [2.45, 2.75) is 154 Å². The minimum Gasteiger partial charge on any atom is -0.461 e. The van der Waals surface area contributed by atoms with E-state index in [1.807, 2.05) is 70.5 Å². The van der Waals surface area contributed by atoms with Gasteiger partial charge in [0.25, 0.3) is 0 Å². The monoisotopic (exact) mass is 1590 g/mol. The number of carbonyl (C=O) groups excluding carboxylic acids is 4. The van der Waals surface area contributed by atoms with Gasteiger partial charge in [0, 0.05) is 76.3 Å². The van der Waals surface area contributed by atoms with Crippen LogP contribution in [-0.4, -0.2) is 213 Å². The van der Waals surface area contributed by atoms with Gasteiger partial charge in [-0.15, -0.1) is 0 Å². The highest BCUT2D eigenvalue weighted by Crippen LogP contribution is 2.43. The number of amides is 4. The minimum absolute atomic E-state index is 0.0295. The van der Waals surface area contributed by atoms with Crippen LogP contribution in [0.15, 0.2) is 85.5 Å². The van der Waals surface area contributed by atoms with E-state index in [0.29, 0.717) is 53.1 Å². The molecular weight excluding hydrogens is 1510 g/mol. The third-order valence-corrected chi connectivity index (χ3v) is 19.0. The quantitative estimate of drug-likeness (QED) is 0.0427. The van der Waals surface area contributed by atoms with Gasteiger partial charge in [0.1, 0.15) is 84.3 Å². The first-order chi connectivity index (χ1) is 53.1. The number of ether oxygens (including phenoxy) is 5. The van der Waals surface area contributed by atoms with Gasteiger partial charge >= 0.3 is 42.7 Å². The van der Waals surface area contributed by atoms with E-state index in [2.05, 4.69) is 39.5 Å². The van der Waals surface area contributed by atoms with E-state index in [1.54, 1.807) is 41.5 Å². The lowest BCUT2D eigenvalue weighted by molar-refractivity contribution is -0.140. The molecule has 0 unspecified atom stereocenters. The molecule has 6 aliphatic heterocycles. The Balaban J connectivity index is 0.000000204. The smallest absolute Gasteiger partial charge is 0.421 e. The Morgan fingerprint density at radius 1 is 0.500 bits per heavy atom. The van der Waals surface area contributed by atoms with Crippen molar-refractivity contribution in [3.05, 3.63) is 181 Å². The normalized spacial score (nSPS) is 19.8. The van der Waals surface area contributed by atoms with Crippen molar-refractivity contribution < 1.29 is 86.8 Å². The molecule has 0 saturated carbocycles. The van der Waals surface area contributed by atoms with Gasteiger partial charge in [-0.05, 0) is 77.1 Å². The van der Waals surface area contributed by atoms with Crippen LogP contribution in [0.3, 0.4) is 0 Å². The van der Waals surface area contributed by atoms with Gasteiger partial charge in [0.2, 0.25) is 24.9 Å². The standard InChI is InChI=1S/C37H41F5N8O5.C27H24ClF4N7O2.C11H17FN2O2/c1-36(2,3)55-35(52)50-18-24(38)14-25(50)22-53-33-45-29-20-47(30-17-44-16-28(39)31(30)37(40,41)42)11-10-27(29)32(46-33)48-12-13-49(26(19-48)15-43-4)34(51)54-21-23-8-6-5-7-9-23;1-33-11-18-14-38(9-10-39(18)26(40)41-16-17-5-3-2-4-6-17)24-19-7-8-37(15-21(19)35-25(28)36-24)22-13-34-12-20(29)23(22)27(30,31)32;1-11(2,3)16-10(15)14-7-8(12)5-9(14)6-13-4/h5-9,16-17,24-26H,10-15,18-22H2,1-3H3;2-6,12-13,18H,7-11,14-16H2;8-9H,5-7H2,1-3H3/t24-,25+,26+;18-;8-,9+/m101/s1. The molecule has 6 aromatic rings. The zero-order chi connectivity index (χ0) is 81.0. The molecule has 4 aromatic heterocycles. The minimum atomic E-state index is -5.00. The van der Waals surface area contributed by atoms with Gasteiger partial charge < -0.3 is 57.8 Å². The van der Waals surface area contributed by atoms with Crippen LogP contribution in [0.5, 0.6) is 6.01 Å². The predicted octanol–water partition coefficient (Wildman–Crippen LogP) is 13.3. The molecule has 26 nitrogen and oxygen atoms in total. The molecule has 4 saturated heterocycles. The zero-order valence-electron chi connectivity index (χ0n) is 62.0. The Morgan fingerprint density at radius 2 is 0.911 bits per heavy atom. The molecular formula is C75H82ClF10N17O9. The average Bonchev–Trinajstić information content (AvgIpc) is 0.772. The van der Waals surface area contributed by atoms with Crippen LogP contribution in [0.1, 0.15) is 99.2 Å². The number of hydrogen-bond acceptors (Lipinski definition) is 19. The Hall–Kier alpha value is -11.0. The number of fused-ring (bicyclic) bond motifs is 2. The summed E-state index contributed by atoms with van der Waals surface area (Å²) in [5.41, 5.74) is -1.41. The van der Waals surface area contributed by atoms with Gasteiger partial charge in [0.05, 0.1) is 79.8 Å². The SMILES string of the molecule is [C-]#[N+]C[C@@H]1C[C@@H](F)CN1C(=O)OC(C)(C)C.[C-]#[N+]C[C@H]1CN(c2nc(Cl)nc3c2CCN(c2cncc(F)c2C(F)(F)F)C3)CCN1C(=O)OCc1ccccc1.[C-]#[N+]C[C@H]1CN(c2nc(OC[C@@H]3C[C@@H](F)CN3C(=O)OC(C)(C)C)nc3c2CCN(c2cncc(F)c2C(F)(F)F)C3)CCN1C(=O)OCc1ccccc1. The van der Waals surface area contributed by atoms with Crippen molar-refractivity contribution in [2.24, 2.45) is 0 Å². The van der Waals surface area contributed by atoms with Crippen LogP contribution in [0, 0.1) is 31.4 Å². The Bertz CT molecular complexity index is 4450. The lowest BCUT2D eigenvalue weighted by Gasteiger charge is -2.40. The fourth-order valence-corrected chi connectivity index (χ4v) is 14.0. The maximum Gasteiger partial charge on any atom is 0.421 e. The number of benzene rings is 2. The maximum absolute atomic E-state index is 14.6. The lowest BCUT2D eigenvalue weighted by Crippen LogP contribution is -2.57. The van der Waals surface area contributed by atoms with Crippen LogP contribution < -0.4 is 24.3 Å². The predicted molar refractivity (Wildman–Crippen MR) is 388 cm³/mol. The molecule has 12 rings (SSSR count). The van der Waals surface area contributed by atoms with E-state index >= 15 is 0 Å². The first-order valence-electron chi connectivity index (χ1n) is 35.8. The second-order valence-corrected chi connectivity index (χ2v) is 29.4. The highest BCUT2D eigenvalue weighted by Gasteiger charge is 2.45. The van der Waals surface area contributed by atoms with Gasteiger partial charge in [-0.25, -0.2) is 66.4 Å². The summed E-state index contributed by atoms with van der Waals surface area (Å²) in [6.45, 7) is 33.5. The molecule has 10 heterocycles. The van der Waals surface area contributed by atoms with Crippen molar-refractivity contribution in [1.82, 2.24) is 49.5 Å². The molecule has 0 spiro atoms. The second-order valence-electron chi connectivity index (χ2n) is 29.1. The Labute approximate surface area is 644 Å². The number of halogens is 11.